The second kappa shape index (κ2) is 7.40. The van der Waals surface area contributed by atoms with Gasteiger partial charge in [0.05, 0.1) is 22.8 Å². The van der Waals surface area contributed by atoms with Gasteiger partial charge in [-0.2, -0.15) is 5.26 Å². The van der Waals surface area contributed by atoms with Crippen molar-refractivity contribution in [3.05, 3.63) is 76.2 Å². The van der Waals surface area contributed by atoms with Crippen molar-refractivity contribution in [2.45, 2.75) is 6.61 Å². The fourth-order valence-corrected chi connectivity index (χ4v) is 2.61. The van der Waals surface area contributed by atoms with Gasteiger partial charge in [-0.3, -0.25) is 4.79 Å². The molecule has 1 N–H and O–H groups in total. The zero-order valence-corrected chi connectivity index (χ0v) is 13.4. The number of carbonyl (C=O) groups excluding carboxylic acids is 1. The summed E-state index contributed by atoms with van der Waals surface area (Å²) in [6, 6.07) is 15.7. The van der Waals surface area contributed by atoms with Gasteiger partial charge in [0.15, 0.2) is 0 Å². The summed E-state index contributed by atoms with van der Waals surface area (Å²) in [5, 5.41) is 13.6. The van der Waals surface area contributed by atoms with Gasteiger partial charge in [0.2, 0.25) is 0 Å². The second-order valence-corrected chi connectivity index (χ2v) is 5.66. The zero-order chi connectivity index (χ0) is 16.8. The van der Waals surface area contributed by atoms with E-state index in [0.717, 1.165) is 5.69 Å². The van der Waals surface area contributed by atoms with Crippen molar-refractivity contribution in [2.75, 3.05) is 5.32 Å². The molecule has 0 saturated carbocycles. The SMILES string of the molecule is N#Cc1cccc(NC(=O)c2cccc(OCc3cscn3)c2)c1. The average Bonchev–Trinajstić information content (AvgIpc) is 3.14. The molecule has 3 rings (SSSR count). The molecule has 0 bridgehead atoms. The number of nitriles is 1. The number of nitrogens with one attached hydrogen (secondary N) is 1. The fourth-order valence-electron chi connectivity index (χ4n) is 2.06. The van der Waals surface area contributed by atoms with Crippen molar-refractivity contribution in [1.29, 1.82) is 5.26 Å². The molecule has 1 aromatic heterocycles. The van der Waals surface area contributed by atoms with Gasteiger partial charge < -0.3 is 10.1 Å². The summed E-state index contributed by atoms with van der Waals surface area (Å²) in [6.07, 6.45) is 0. The van der Waals surface area contributed by atoms with Crippen LogP contribution in [-0.4, -0.2) is 10.9 Å². The molecule has 3 aromatic rings. The summed E-state index contributed by atoms with van der Waals surface area (Å²) in [6.45, 7) is 0.360. The highest BCUT2D eigenvalue weighted by Gasteiger charge is 2.08. The van der Waals surface area contributed by atoms with Crippen molar-refractivity contribution in [3.8, 4) is 11.8 Å². The van der Waals surface area contributed by atoms with Crippen LogP contribution in [0.5, 0.6) is 5.75 Å². The van der Waals surface area contributed by atoms with Crippen LogP contribution < -0.4 is 10.1 Å². The van der Waals surface area contributed by atoms with Crippen molar-refractivity contribution in [3.63, 3.8) is 0 Å². The van der Waals surface area contributed by atoms with E-state index in [-0.39, 0.29) is 5.91 Å². The minimum atomic E-state index is -0.260. The third kappa shape index (κ3) is 3.97. The Balaban J connectivity index is 1.68. The summed E-state index contributed by atoms with van der Waals surface area (Å²) >= 11 is 1.51. The molecule has 0 radical (unpaired) electrons. The first-order valence-electron chi connectivity index (χ1n) is 7.16. The van der Waals surface area contributed by atoms with Gasteiger partial charge in [-0.25, -0.2) is 4.98 Å². The number of ether oxygens (including phenoxy) is 1. The second-order valence-electron chi connectivity index (χ2n) is 4.94. The molecule has 0 aliphatic carbocycles. The third-order valence-electron chi connectivity index (χ3n) is 3.22. The Morgan fingerprint density at radius 1 is 1.25 bits per heavy atom. The lowest BCUT2D eigenvalue weighted by Gasteiger charge is -2.08. The van der Waals surface area contributed by atoms with Gasteiger partial charge in [0.25, 0.3) is 5.91 Å². The van der Waals surface area contributed by atoms with E-state index >= 15 is 0 Å². The molecule has 0 unspecified atom stereocenters. The maximum absolute atomic E-state index is 12.3. The van der Waals surface area contributed by atoms with E-state index in [1.807, 2.05) is 11.4 Å². The van der Waals surface area contributed by atoms with Crippen LogP contribution in [0, 0.1) is 11.3 Å². The zero-order valence-electron chi connectivity index (χ0n) is 12.6. The van der Waals surface area contributed by atoms with Crippen molar-refractivity contribution >= 4 is 22.9 Å². The number of benzene rings is 2. The maximum atomic E-state index is 12.3. The summed E-state index contributed by atoms with van der Waals surface area (Å²) in [5.41, 5.74) is 4.15. The Bertz CT molecular complexity index is 885. The number of carbonyl (C=O) groups is 1. The maximum Gasteiger partial charge on any atom is 0.255 e. The number of nitrogens with zero attached hydrogens (tertiary/aromatic N) is 2. The van der Waals surface area contributed by atoms with Crippen molar-refractivity contribution in [2.24, 2.45) is 0 Å². The number of anilines is 1. The highest BCUT2D eigenvalue weighted by Crippen LogP contribution is 2.17. The molecule has 5 nitrogen and oxygen atoms in total. The van der Waals surface area contributed by atoms with E-state index in [0.29, 0.717) is 29.2 Å². The minimum Gasteiger partial charge on any atom is -0.487 e. The van der Waals surface area contributed by atoms with Crippen LogP contribution >= 0.6 is 11.3 Å². The van der Waals surface area contributed by atoms with Gasteiger partial charge in [0.1, 0.15) is 12.4 Å². The summed E-state index contributed by atoms with van der Waals surface area (Å²) in [4.78, 5) is 16.5. The van der Waals surface area contributed by atoms with Gasteiger partial charge in [-0.1, -0.05) is 12.1 Å². The normalized spacial score (nSPS) is 9.96. The molecule has 1 amide bonds. The molecule has 2 aromatic carbocycles. The van der Waals surface area contributed by atoms with Crippen LogP contribution in [0.25, 0.3) is 0 Å². The molecule has 6 heteroatoms. The summed E-state index contributed by atoms with van der Waals surface area (Å²) < 4.78 is 5.65. The third-order valence-corrected chi connectivity index (χ3v) is 3.85. The molecule has 24 heavy (non-hydrogen) atoms. The van der Waals surface area contributed by atoms with Crippen LogP contribution in [0.3, 0.4) is 0 Å². The Hall–Kier alpha value is -3.17. The molecule has 0 spiro atoms. The van der Waals surface area contributed by atoms with Gasteiger partial charge in [0, 0.05) is 16.6 Å². The van der Waals surface area contributed by atoms with E-state index in [1.54, 1.807) is 54.0 Å². The van der Waals surface area contributed by atoms with Crippen LogP contribution in [0.4, 0.5) is 5.69 Å². The fraction of sp³-hybridized carbons (Fsp3) is 0.0556. The van der Waals surface area contributed by atoms with Gasteiger partial charge >= 0.3 is 0 Å². The number of hydrogen-bond acceptors (Lipinski definition) is 5. The van der Waals surface area contributed by atoms with Crippen LogP contribution in [0.1, 0.15) is 21.6 Å². The average molecular weight is 335 g/mol. The molecule has 1 heterocycles. The molecular weight excluding hydrogens is 322 g/mol. The highest BCUT2D eigenvalue weighted by atomic mass is 32.1. The molecule has 118 valence electrons. The first-order chi connectivity index (χ1) is 11.7. The smallest absolute Gasteiger partial charge is 0.255 e. The Morgan fingerprint density at radius 3 is 2.92 bits per heavy atom. The molecule has 0 fully saturated rings. The lowest BCUT2D eigenvalue weighted by molar-refractivity contribution is 0.102. The van der Waals surface area contributed by atoms with Crippen molar-refractivity contribution in [1.82, 2.24) is 4.98 Å². The Labute approximate surface area is 143 Å². The van der Waals surface area contributed by atoms with Gasteiger partial charge in [-0.15, -0.1) is 11.3 Å². The number of hydrogen-bond donors (Lipinski definition) is 1. The Morgan fingerprint density at radius 2 is 2.12 bits per heavy atom. The number of amides is 1. The lowest BCUT2D eigenvalue weighted by atomic mass is 10.1. The first-order valence-corrected chi connectivity index (χ1v) is 8.10. The molecular formula is C18H13N3O2S. The molecule has 0 saturated heterocycles. The van der Waals surface area contributed by atoms with Crippen LogP contribution in [0.15, 0.2) is 59.4 Å². The van der Waals surface area contributed by atoms with E-state index in [1.165, 1.54) is 11.3 Å². The largest absolute Gasteiger partial charge is 0.487 e. The number of rotatable bonds is 5. The molecule has 0 aliphatic heterocycles. The summed E-state index contributed by atoms with van der Waals surface area (Å²) in [5.74, 6) is 0.339. The van der Waals surface area contributed by atoms with E-state index in [9.17, 15) is 4.79 Å². The predicted molar refractivity (Wildman–Crippen MR) is 92.0 cm³/mol. The van der Waals surface area contributed by atoms with E-state index < -0.39 is 0 Å². The number of thiazole rings is 1. The van der Waals surface area contributed by atoms with Gasteiger partial charge in [-0.05, 0) is 36.4 Å². The Kier molecular flexibility index (Phi) is 4.84. The number of aromatic nitrogens is 1. The standard InChI is InChI=1S/C18H13N3O2S/c19-9-13-3-1-5-15(7-13)21-18(22)14-4-2-6-17(8-14)23-10-16-11-24-12-20-16/h1-8,11-12H,10H2,(H,21,22). The van der Waals surface area contributed by atoms with Crippen LogP contribution in [-0.2, 0) is 6.61 Å². The predicted octanol–water partition coefficient (Wildman–Crippen LogP) is 3.85. The molecule has 0 atom stereocenters. The quantitative estimate of drug-likeness (QED) is 0.768. The van der Waals surface area contributed by atoms with E-state index in [4.69, 9.17) is 10.00 Å². The monoisotopic (exact) mass is 335 g/mol. The first kappa shape index (κ1) is 15.7. The topological polar surface area (TPSA) is 75.0 Å². The van der Waals surface area contributed by atoms with Crippen molar-refractivity contribution < 1.29 is 9.53 Å². The highest BCUT2D eigenvalue weighted by molar-refractivity contribution is 7.07. The summed E-state index contributed by atoms with van der Waals surface area (Å²) in [7, 11) is 0. The minimum absolute atomic E-state index is 0.260. The molecule has 0 aliphatic rings. The lowest BCUT2D eigenvalue weighted by Crippen LogP contribution is -2.12. The van der Waals surface area contributed by atoms with E-state index in [2.05, 4.69) is 10.3 Å². The van der Waals surface area contributed by atoms with Crippen LogP contribution in [0.2, 0.25) is 0 Å².